The van der Waals surface area contributed by atoms with Crippen molar-refractivity contribution in [3.8, 4) is 0 Å². The second-order valence-corrected chi connectivity index (χ2v) is 4.61. The molecule has 0 saturated carbocycles. The van der Waals surface area contributed by atoms with Gasteiger partial charge in [-0.1, -0.05) is 0 Å². The second-order valence-electron chi connectivity index (χ2n) is 4.61. The quantitative estimate of drug-likeness (QED) is 0.794. The maximum atomic E-state index is 11.9. The van der Waals surface area contributed by atoms with E-state index in [9.17, 15) is 9.59 Å². The Kier molecular flexibility index (Phi) is 5.21. The fourth-order valence-electron chi connectivity index (χ4n) is 1.93. The van der Waals surface area contributed by atoms with Crippen LogP contribution in [0.15, 0.2) is 30.9 Å². The van der Waals surface area contributed by atoms with Crippen molar-refractivity contribution in [1.82, 2.24) is 14.8 Å². The Hall–Kier alpha value is -2.74. The highest BCUT2D eigenvalue weighted by Crippen LogP contribution is 2.16. The number of amides is 1. The molecule has 116 valence electrons. The Bertz CT molecular complexity index is 655. The molecule has 1 amide bonds. The van der Waals surface area contributed by atoms with E-state index in [1.54, 1.807) is 10.7 Å². The van der Waals surface area contributed by atoms with Crippen LogP contribution < -0.4 is 5.32 Å². The van der Waals surface area contributed by atoms with Crippen LogP contribution in [0.3, 0.4) is 0 Å². The fourth-order valence-corrected chi connectivity index (χ4v) is 1.93. The van der Waals surface area contributed by atoms with Crippen molar-refractivity contribution in [3.63, 3.8) is 0 Å². The Morgan fingerprint density at radius 1 is 1.36 bits per heavy atom. The number of ether oxygens (including phenoxy) is 1. The molecular weight excluding hydrogens is 288 g/mol. The average molecular weight is 304 g/mol. The van der Waals surface area contributed by atoms with Crippen molar-refractivity contribution in [2.45, 2.75) is 19.6 Å². The third kappa shape index (κ3) is 4.38. The first-order valence-corrected chi connectivity index (χ1v) is 6.57. The zero-order chi connectivity index (χ0) is 15.9. The van der Waals surface area contributed by atoms with Crippen molar-refractivity contribution < 1.29 is 19.4 Å². The highest BCUT2D eigenvalue weighted by molar-refractivity contribution is 5.94. The summed E-state index contributed by atoms with van der Waals surface area (Å²) in [7, 11) is 1.52. The summed E-state index contributed by atoms with van der Waals surface area (Å²) >= 11 is 0. The molecule has 0 bridgehead atoms. The first-order chi connectivity index (χ1) is 10.6. The van der Waals surface area contributed by atoms with E-state index in [2.05, 4.69) is 15.4 Å². The molecular formula is C14H16N4O4. The van der Waals surface area contributed by atoms with Crippen molar-refractivity contribution >= 4 is 17.6 Å². The fraction of sp³-hybridized carbons (Fsp3) is 0.286. The van der Waals surface area contributed by atoms with Crippen LogP contribution in [0, 0.1) is 0 Å². The van der Waals surface area contributed by atoms with Gasteiger partial charge in [-0.3, -0.25) is 9.48 Å². The molecule has 1 aromatic carbocycles. The van der Waals surface area contributed by atoms with Gasteiger partial charge in [-0.15, -0.1) is 0 Å². The number of hydrogen-bond acceptors (Lipinski definition) is 5. The average Bonchev–Trinajstić information content (AvgIpc) is 2.98. The van der Waals surface area contributed by atoms with Crippen LogP contribution in [0.25, 0.3) is 0 Å². The number of aryl methyl sites for hydroxylation is 1. The third-order valence-corrected chi connectivity index (χ3v) is 2.87. The predicted octanol–water partition coefficient (Wildman–Crippen LogP) is 1.15. The SMILES string of the molecule is COCc1cc(NC(=O)CCn2cncn2)cc(C(=O)O)c1. The molecule has 1 aromatic heterocycles. The molecule has 0 radical (unpaired) electrons. The molecule has 0 spiro atoms. The Labute approximate surface area is 126 Å². The number of rotatable bonds is 7. The number of carboxylic acid groups (broad SMARTS) is 1. The van der Waals surface area contributed by atoms with E-state index in [1.165, 1.54) is 31.9 Å². The van der Waals surface area contributed by atoms with Gasteiger partial charge in [-0.05, 0) is 23.8 Å². The predicted molar refractivity (Wildman–Crippen MR) is 77.4 cm³/mol. The molecule has 0 unspecified atom stereocenters. The summed E-state index contributed by atoms with van der Waals surface area (Å²) in [5, 5.41) is 15.7. The van der Waals surface area contributed by atoms with Gasteiger partial charge in [0.25, 0.3) is 0 Å². The number of benzene rings is 1. The first-order valence-electron chi connectivity index (χ1n) is 6.57. The first kappa shape index (κ1) is 15.6. The minimum Gasteiger partial charge on any atom is -0.478 e. The van der Waals surface area contributed by atoms with Crippen molar-refractivity contribution in [2.24, 2.45) is 0 Å². The Balaban J connectivity index is 2.03. The lowest BCUT2D eigenvalue weighted by molar-refractivity contribution is -0.116. The highest BCUT2D eigenvalue weighted by atomic mass is 16.5. The van der Waals surface area contributed by atoms with Crippen molar-refractivity contribution in [1.29, 1.82) is 0 Å². The number of anilines is 1. The van der Waals surface area contributed by atoms with E-state index in [4.69, 9.17) is 9.84 Å². The largest absolute Gasteiger partial charge is 0.478 e. The molecule has 0 saturated heterocycles. The number of aromatic carboxylic acids is 1. The van der Waals surface area contributed by atoms with Crippen LogP contribution in [0.5, 0.6) is 0 Å². The van der Waals surface area contributed by atoms with E-state index in [1.807, 2.05) is 0 Å². The monoisotopic (exact) mass is 304 g/mol. The third-order valence-electron chi connectivity index (χ3n) is 2.87. The lowest BCUT2D eigenvalue weighted by Crippen LogP contribution is -2.15. The van der Waals surface area contributed by atoms with Crippen LogP contribution in [0.2, 0.25) is 0 Å². The van der Waals surface area contributed by atoms with E-state index >= 15 is 0 Å². The molecule has 8 heteroatoms. The topological polar surface area (TPSA) is 106 Å². The summed E-state index contributed by atoms with van der Waals surface area (Å²) in [5.74, 6) is -1.29. The molecule has 0 fully saturated rings. The number of methoxy groups -OCH3 is 1. The molecule has 0 aliphatic heterocycles. The molecule has 8 nitrogen and oxygen atoms in total. The summed E-state index contributed by atoms with van der Waals surface area (Å²) in [6, 6.07) is 4.61. The van der Waals surface area contributed by atoms with Crippen molar-refractivity contribution in [3.05, 3.63) is 42.0 Å². The number of carbonyl (C=O) groups is 2. The minimum absolute atomic E-state index is 0.0983. The van der Waals surface area contributed by atoms with Gasteiger partial charge in [-0.2, -0.15) is 5.10 Å². The number of nitrogens with zero attached hydrogens (tertiary/aromatic N) is 3. The Morgan fingerprint density at radius 3 is 2.82 bits per heavy atom. The van der Waals surface area contributed by atoms with Gasteiger partial charge < -0.3 is 15.2 Å². The maximum absolute atomic E-state index is 11.9. The number of carboxylic acids is 1. The lowest BCUT2D eigenvalue weighted by atomic mass is 10.1. The summed E-state index contributed by atoms with van der Waals surface area (Å²) in [5.41, 5.74) is 1.20. The van der Waals surface area contributed by atoms with Gasteiger partial charge in [0.15, 0.2) is 0 Å². The van der Waals surface area contributed by atoms with Crippen molar-refractivity contribution in [2.75, 3.05) is 12.4 Å². The maximum Gasteiger partial charge on any atom is 0.335 e. The van der Waals surface area contributed by atoms with Gasteiger partial charge >= 0.3 is 5.97 Å². The summed E-state index contributed by atoms with van der Waals surface area (Å²) < 4.78 is 6.54. The molecule has 1 heterocycles. The number of hydrogen-bond donors (Lipinski definition) is 2. The van der Waals surface area contributed by atoms with E-state index < -0.39 is 5.97 Å². The van der Waals surface area contributed by atoms with E-state index in [-0.39, 0.29) is 24.5 Å². The van der Waals surface area contributed by atoms with Crippen LogP contribution in [-0.2, 0) is 22.7 Å². The molecule has 2 N–H and O–H groups in total. The molecule has 2 aromatic rings. The smallest absolute Gasteiger partial charge is 0.335 e. The van der Waals surface area contributed by atoms with Crippen LogP contribution in [0.4, 0.5) is 5.69 Å². The number of carbonyl (C=O) groups excluding carboxylic acids is 1. The van der Waals surface area contributed by atoms with Gasteiger partial charge in [0.1, 0.15) is 12.7 Å². The zero-order valence-electron chi connectivity index (χ0n) is 12.0. The highest BCUT2D eigenvalue weighted by Gasteiger charge is 2.09. The van der Waals surface area contributed by atoms with Crippen LogP contribution in [0.1, 0.15) is 22.3 Å². The molecule has 0 aliphatic carbocycles. The van der Waals surface area contributed by atoms with Gasteiger partial charge in [0.2, 0.25) is 5.91 Å². The zero-order valence-corrected chi connectivity index (χ0v) is 12.0. The van der Waals surface area contributed by atoms with Gasteiger partial charge in [0, 0.05) is 19.2 Å². The molecule has 22 heavy (non-hydrogen) atoms. The summed E-state index contributed by atoms with van der Waals surface area (Å²) in [4.78, 5) is 26.8. The normalized spacial score (nSPS) is 10.4. The second kappa shape index (κ2) is 7.32. The van der Waals surface area contributed by atoms with Crippen LogP contribution in [-0.4, -0.2) is 38.9 Å². The van der Waals surface area contributed by atoms with E-state index in [0.29, 0.717) is 17.8 Å². The van der Waals surface area contributed by atoms with Gasteiger partial charge in [-0.25, -0.2) is 9.78 Å². The van der Waals surface area contributed by atoms with E-state index in [0.717, 1.165) is 0 Å². The summed E-state index contributed by atoms with van der Waals surface area (Å²) in [6.45, 7) is 0.665. The van der Waals surface area contributed by atoms with Crippen LogP contribution >= 0.6 is 0 Å². The standard InChI is InChI=1S/C14H16N4O4/c1-22-7-10-4-11(14(20)21)6-12(5-10)17-13(19)2-3-18-9-15-8-16-18/h4-6,8-9H,2-3,7H2,1H3,(H,17,19)(H,20,21). The molecule has 0 atom stereocenters. The number of aromatic nitrogens is 3. The summed E-state index contributed by atoms with van der Waals surface area (Å²) in [6.07, 6.45) is 3.13. The number of nitrogens with one attached hydrogen (secondary N) is 1. The Morgan fingerprint density at radius 2 is 2.18 bits per heavy atom. The molecule has 2 rings (SSSR count). The lowest BCUT2D eigenvalue weighted by Gasteiger charge is -2.09. The minimum atomic E-state index is -1.06. The van der Waals surface area contributed by atoms with Gasteiger partial charge in [0.05, 0.1) is 18.7 Å². The molecule has 0 aliphatic rings.